The van der Waals surface area contributed by atoms with E-state index in [2.05, 4.69) is 15.9 Å². The lowest BCUT2D eigenvalue weighted by Crippen LogP contribution is -2.22. The first kappa shape index (κ1) is 19.7. The lowest BCUT2D eigenvalue weighted by molar-refractivity contribution is -0.0512. The van der Waals surface area contributed by atoms with Crippen molar-refractivity contribution in [3.8, 4) is 11.5 Å². The summed E-state index contributed by atoms with van der Waals surface area (Å²) in [4.78, 5) is 2.87. The van der Waals surface area contributed by atoms with E-state index in [1.54, 1.807) is 28.2 Å². The molecular weight excluding hydrogens is 418 g/mol. The van der Waals surface area contributed by atoms with Crippen molar-refractivity contribution in [1.82, 2.24) is 19.1 Å². The Morgan fingerprint density at radius 1 is 1.21 bits per heavy atom. The molecule has 4 aromatic rings. The van der Waals surface area contributed by atoms with Gasteiger partial charge in [0.2, 0.25) is 9.73 Å². The zero-order chi connectivity index (χ0) is 20.5. The second-order valence-corrected chi connectivity index (χ2v) is 7.86. The quantitative estimate of drug-likeness (QED) is 0.390. The van der Waals surface area contributed by atoms with Gasteiger partial charge in [0.1, 0.15) is 0 Å². The molecule has 0 atom stereocenters. The molecule has 152 valence electrons. The van der Waals surface area contributed by atoms with Crippen LogP contribution in [0.25, 0.3) is 15.2 Å². The Balaban J connectivity index is 1.53. The SMILES string of the molecule is COc1cc(CN(C)Cn2nc3sc4ccccc4n3c2=S)ccc1OC(F)F. The number of halogens is 2. The first-order valence-corrected chi connectivity index (χ1v) is 9.96. The van der Waals surface area contributed by atoms with E-state index < -0.39 is 6.61 Å². The van der Waals surface area contributed by atoms with Crippen LogP contribution < -0.4 is 9.47 Å². The number of alkyl halides is 2. The molecule has 2 aromatic carbocycles. The van der Waals surface area contributed by atoms with Crippen molar-refractivity contribution in [2.45, 2.75) is 19.8 Å². The van der Waals surface area contributed by atoms with E-state index in [1.807, 2.05) is 34.5 Å². The van der Waals surface area contributed by atoms with Crippen LogP contribution >= 0.6 is 23.6 Å². The van der Waals surface area contributed by atoms with Gasteiger partial charge in [-0.05, 0) is 49.1 Å². The maximum Gasteiger partial charge on any atom is 0.387 e. The minimum absolute atomic E-state index is 0.0114. The Labute approximate surface area is 174 Å². The molecule has 0 saturated carbocycles. The molecule has 2 heterocycles. The minimum atomic E-state index is -2.90. The standard InChI is InChI=1S/C19H18F2N4O2S2/c1-23(10-12-7-8-14(27-17(20)21)15(9-12)26-2)11-24-19(28)25-13-5-3-4-6-16(13)29-18(25)22-24/h3-9,17H,10-11H2,1-2H3. The van der Waals surface area contributed by atoms with E-state index in [1.165, 1.54) is 13.2 Å². The molecule has 0 unspecified atom stereocenters. The summed E-state index contributed by atoms with van der Waals surface area (Å²) in [6.07, 6.45) is 0. The Morgan fingerprint density at radius 2 is 2.00 bits per heavy atom. The highest BCUT2D eigenvalue weighted by Crippen LogP contribution is 2.30. The third-order valence-corrected chi connectivity index (χ3v) is 5.79. The van der Waals surface area contributed by atoms with Crippen LogP contribution in [0.1, 0.15) is 5.56 Å². The van der Waals surface area contributed by atoms with Crippen LogP contribution in [0.5, 0.6) is 11.5 Å². The molecule has 0 saturated heterocycles. The van der Waals surface area contributed by atoms with Gasteiger partial charge >= 0.3 is 6.61 Å². The van der Waals surface area contributed by atoms with Crippen molar-refractivity contribution in [3.05, 3.63) is 52.8 Å². The van der Waals surface area contributed by atoms with Gasteiger partial charge in [-0.3, -0.25) is 9.30 Å². The van der Waals surface area contributed by atoms with E-state index >= 15 is 0 Å². The summed E-state index contributed by atoms with van der Waals surface area (Å²) >= 11 is 7.22. The number of benzene rings is 2. The number of hydrogen-bond acceptors (Lipinski definition) is 6. The summed E-state index contributed by atoms with van der Waals surface area (Å²) in [6, 6.07) is 13.0. The third-order valence-electron chi connectivity index (χ3n) is 4.39. The number of methoxy groups -OCH3 is 1. The predicted molar refractivity (Wildman–Crippen MR) is 110 cm³/mol. The number of nitrogens with zero attached hydrogens (tertiary/aromatic N) is 4. The first-order chi connectivity index (χ1) is 14.0. The maximum atomic E-state index is 12.5. The summed E-state index contributed by atoms with van der Waals surface area (Å²) in [5, 5.41) is 4.64. The van der Waals surface area contributed by atoms with Gasteiger partial charge in [0, 0.05) is 6.54 Å². The number of ether oxygens (including phenoxy) is 2. The molecule has 2 aromatic heterocycles. The monoisotopic (exact) mass is 436 g/mol. The van der Waals surface area contributed by atoms with Gasteiger partial charge in [0.15, 0.2) is 11.5 Å². The Bertz CT molecular complexity index is 1220. The average Bonchev–Trinajstić information content (AvgIpc) is 3.19. The fraction of sp³-hybridized carbons (Fsp3) is 0.263. The van der Waals surface area contributed by atoms with Crippen LogP contribution in [0.2, 0.25) is 0 Å². The Morgan fingerprint density at radius 3 is 2.76 bits per heavy atom. The molecule has 29 heavy (non-hydrogen) atoms. The van der Waals surface area contributed by atoms with Crippen molar-refractivity contribution in [2.24, 2.45) is 0 Å². The molecule has 6 nitrogen and oxygen atoms in total. The highest BCUT2D eigenvalue weighted by molar-refractivity contribution is 7.71. The number of fused-ring (bicyclic) bond motifs is 3. The highest BCUT2D eigenvalue weighted by Gasteiger charge is 2.14. The zero-order valence-corrected chi connectivity index (χ0v) is 17.3. The van der Waals surface area contributed by atoms with E-state index in [-0.39, 0.29) is 11.5 Å². The second-order valence-electron chi connectivity index (χ2n) is 6.49. The van der Waals surface area contributed by atoms with Gasteiger partial charge in [-0.15, -0.1) is 5.10 Å². The Kier molecular flexibility index (Phi) is 5.48. The molecule has 0 aliphatic heterocycles. The Hall–Kier alpha value is -2.56. The van der Waals surface area contributed by atoms with Crippen molar-refractivity contribution < 1.29 is 18.3 Å². The fourth-order valence-electron chi connectivity index (χ4n) is 3.17. The molecule has 4 rings (SSSR count). The molecule has 0 fully saturated rings. The summed E-state index contributed by atoms with van der Waals surface area (Å²) in [6.45, 7) is -1.86. The van der Waals surface area contributed by atoms with Gasteiger partial charge in [0.05, 0.1) is 24.0 Å². The molecule has 0 aliphatic rings. The highest BCUT2D eigenvalue weighted by atomic mass is 32.1. The van der Waals surface area contributed by atoms with Crippen molar-refractivity contribution >= 4 is 38.7 Å². The van der Waals surface area contributed by atoms with Crippen molar-refractivity contribution in [1.29, 1.82) is 0 Å². The van der Waals surface area contributed by atoms with Gasteiger partial charge in [-0.1, -0.05) is 29.5 Å². The summed E-state index contributed by atoms with van der Waals surface area (Å²) in [7, 11) is 3.35. The number of para-hydroxylation sites is 1. The number of rotatable bonds is 7. The van der Waals surface area contributed by atoms with E-state index in [4.69, 9.17) is 17.0 Å². The lowest BCUT2D eigenvalue weighted by atomic mass is 10.2. The van der Waals surface area contributed by atoms with E-state index in [0.717, 1.165) is 20.7 Å². The van der Waals surface area contributed by atoms with Crippen LogP contribution in [0, 0.1) is 4.77 Å². The second kappa shape index (κ2) is 8.05. The number of aromatic nitrogens is 3. The first-order valence-electron chi connectivity index (χ1n) is 8.73. The van der Waals surface area contributed by atoms with Gasteiger partial charge < -0.3 is 9.47 Å². The predicted octanol–water partition coefficient (Wildman–Crippen LogP) is 4.78. The number of hydrogen-bond donors (Lipinski definition) is 0. The zero-order valence-electron chi connectivity index (χ0n) is 15.7. The number of thiazole rings is 1. The topological polar surface area (TPSA) is 43.9 Å². The van der Waals surface area contributed by atoms with Gasteiger partial charge in [-0.2, -0.15) is 8.78 Å². The van der Waals surface area contributed by atoms with Crippen LogP contribution in [-0.4, -0.2) is 39.9 Å². The van der Waals surface area contributed by atoms with Crippen LogP contribution in [-0.2, 0) is 13.2 Å². The smallest absolute Gasteiger partial charge is 0.387 e. The molecule has 0 radical (unpaired) electrons. The summed E-state index contributed by atoms with van der Waals surface area (Å²) in [5.41, 5.74) is 1.94. The van der Waals surface area contributed by atoms with Gasteiger partial charge in [-0.25, -0.2) is 4.68 Å². The molecule has 0 aliphatic carbocycles. The molecular formula is C19H18F2N4O2S2. The molecule has 0 spiro atoms. The fourth-order valence-corrected chi connectivity index (χ4v) is 4.54. The van der Waals surface area contributed by atoms with Crippen LogP contribution in [0.3, 0.4) is 0 Å². The normalized spacial score (nSPS) is 11.8. The van der Waals surface area contributed by atoms with E-state index in [9.17, 15) is 8.78 Å². The van der Waals surface area contributed by atoms with Crippen molar-refractivity contribution in [2.75, 3.05) is 14.2 Å². The summed E-state index contributed by atoms with van der Waals surface area (Å²) in [5.74, 6) is 0.277. The minimum Gasteiger partial charge on any atom is -0.493 e. The third kappa shape index (κ3) is 3.96. The molecule has 0 N–H and O–H groups in total. The molecule has 10 heteroatoms. The summed E-state index contributed by atoms with van der Waals surface area (Å²) < 4.78 is 40.1. The largest absolute Gasteiger partial charge is 0.493 e. The lowest BCUT2D eigenvalue weighted by Gasteiger charge is -2.18. The van der Waals surface area contributed by atoms with Crippen LogP contribution in [0.4, 0.5) is 8.78 Å². The molecule has 0 bridgehead atoms. The maximum absolute atomic E-state index is 12.5. The van der Waals surface area contributed by atoms with Crippen molar-refractivity contribution in [3.63, 3.8) is 0 Å². The van der Waals surface area contributed by atoms with Crippen LogP contribution in [0.15, 0.2) is 42.5 Å². The van der Waals surface area contributed by atoms with Gasteiger partial charge in [0.25, 0.3) is 0 Å². The molecule has 0 amide bonds. The average molecular weight is 437 g/mol. The van der Waals surface area contributed by atoms with E-state index in [0.29, 0.717) is 18.0 Å².